The number of nitrogens with zero attached hydrogens (tertiary/aromatic N) is 4. The van der Waals surface area contributed by atoms with Crippen LogP contribution in [-0.4, -0.2) is 53.5 Å². The number of likely N-dealkylation sites (N-methyl/N-ethyl adjacent to an activating group) is 1. The van der Waals surface area contributed by atoms with Crippen LogP contribution in [0.2, 0.25) is 0 Å². The van der Waals surface area contributed by atoms with Gasteiger partial charge in [-0.25, -0.2) is 9.97 Å². The normalized spacial score (nSPS) is 17.1. The van der Waals surface area contributed by atoms with E-state index in [-0.39, 0.29) is 17.9 Å². The highest BCUT2D eigenvalue weighted by Crippen LogP contribution is 2.35. The van der Waals surface area contributed by atoms with E-state index in [1.165, 1.54) is 15.8 Å². The Balaban J connectivity index is 1.74. The molecule has 2 N–H and O–H groups in total. The highest BCUT2D eigenvalue weighted by molar-refractivity contribution is 7.18. The maximum absolute atomic E-state index is 12.6. The number of piperidine rings is 1. The summed E-state index contributed by atoms with van der Waals surface area (Å²) < 4.78 is 0. The summed E-state index contributed by atoms with van der Waals surface area (Å²) in [5, 5.41) is 1.17. The van der Waals surface area contributed by atoms with Gasteiger partial charge in [0.15, 0.2) is 0 Å². The van der Waals surface area contributed by atoms with Crippen LogP contribution in [0.5, 0.6) is 0 Å². The van der Waals surface area contributed by atoms with Crippen LogP contribution in [0.3, 0.4) is 0 Å². The minimum atomic E-state index is 0.0814. The third-order valence-electron chi connectivity index (χ3n) is 5.44. The van der Waals surface area contributed by atoms with Crippen molar-refractivity contribution in [2.24, 2.45) is 11.7 Å². The zero-order chi connectivity index (χ0) is 18.1. The van der Waals surface area contributed by atoms with Gasteiger partial charge in [-0.05, 0) is 39.2 Å². The van der Waals surface area contributed by atoms with E-state index in [0.717, 1.165) is 36.6 Å². The second-order valence-corrected chi connectivity index (χ2v) is 8.16. The van der Waals surface area contributed by atoms with Gasteiger partial charge in [-0.3, -0.25) is 4.79 Å². The first kappa shape index (κ1) is 18.1. The number of aryl methyl sites for hydroxylation is 2. The Labute approximate surface area is 153 Å². The van der Waals surface area contributed by atoms with E-state index >= 15 is 0 Å². The first-order valence-electron chi connectivity index (χ1n) is 8.86. The smallest absolute Gasteiger partial charge is 0.225 e. The molecule has 2 aromatic rings. The molecular formula is C18H27N5OS. The van der Waals surface area contributed by atoms with Gasteiger partial charge in [0.2, 0.25) is 5.91 Å². The van der Waals surface area contributed by atoms with E-state index in [4.69, 9.17) is 5.73 Å². The molecular weight excluding hydrogens is 334 g/mol. The molecule has 1 unspecified atom stereocenters. The second-order valence-electron chi connectivity index (χ2n) is 6.96. The predicted octanol–water partition coefficient (Wildman–Crippen LogP) is 2.33. The molecule has 7 heteroatoms. The highest BCUT2D eigenvalue weighted by Gasteiger charge is 2.30. The van der Waals surface area contributed by atoms with Crippen molar-refractivity contribution in [3.63, 3.8) is 0 Å². The molecule has 1 amide bonds. The lowest BCUT2D eigenvalue weighted by atomic mass is 9.94. The molecule has 0 bridgehead atoms. The predicted molar refractivity (Wildman–Crippen MR) is 103 cm³/mol. The third-order valence-corrected chi connectivity index (χ3v) is 6.55. The molecule has 3 rings (SSSR count). The molecule has 1 atom stereocenters. The lowest BCUT2D eigenvalue weighted by Crippen LogP contribution is -2.46. The zero-order valence-corrected chi connectivity index (χ0v) is 16.3. The molecule has 1 aliphatic heterocycles. The number of carbonyl (C=O) groups excluding carboxylic acids is 1. The Hall–Kier alpha value is -1.73. The Morgan fingerprint density at radius 1 is 1.40 bits per heavy atom. The number of thiophene rings is 1. The summed E-state index contributed by atoms with van der Waals surface area (Å²) in [6, 6.07) is 0.0865. The lowest BCUT2D eigenvalue weighted by molar-refractivity contribution is -0.136. The topological polar surface area (TPSA) is 75.4 Å². The number of aromatic nitrogens is 2. The monoisotopic (exact) mass is 361 g/mol. The number of anilines is 1. The van der Waals surface area contributed by atoms with Crippen molar-refractivity contribution in [3.05, 3.63) is 16.8 Å². The van der Waals surface area contributed by atoms with Gasteiger partial charge < -0.3 is 15.5 Å². The van der Waals surface area contributed by atoms with Crippen LogP contribution in [-0.2, 0) is 4.79 Å². The molecule has 25 heavy (non-hydrogen) atoms. The molecule has 0 saturated carbocycles. The second kappa shape index (κ2) is 7.25. The Morgan fingerprint density at radius 3 is 2.72 bits per heavy atom. The van der Waals surface area contributed by atoms with Gasteiger partial charge >= 0.3 is 0 Å². The summed E-state index contributed by atoms with van der Waals surface area (Å²) in [5.41, 5.74) is 6.96. The van der Waals surface area contributed by atoms with E-state index in [2.05, 4.69) is 28.7 Å². The minimum absolute atomic E-state index is 0.0814. The number of amides is 1. The van der Waals surface area contributed by atoms with E-state index in [0.29, 0.717) is 6.54 Å². The molecule has 6 nitrogen and oxygen atoms in total. The molecule has 0 aliphatic carbocycles. The molecule has 2 aromatic heterocycles. The van der Waals surface area contributed by atoms with Gasteiger partial charge in [0, 0.05) is 43.5 Å². The summed E-state index contributed by atoms with van der Waals surface area (Å²) in [6.07, 6.45) is 3.36. The fourth-order valence-electron chi connectivity index (χ4n) is 3.41. The van der Waals surface area contributed by atoms with Crippen molar-refractivity contribution < 1.29 is 4.79 Å². The van der Waals surface area contributed by atoms with Crippen molar-refractivity contribution in [1.29, 1.82) is 0 Å². The third kappa shape index (κ3) is 3.35. The Kier molecular flexibility index (Phi) is 5.24. The highest BCUT2D eigenvalue weighted by atomic mass is 32.1. The number of nitrogens with two attached hydrogens (primary N) is 1. The average molecular weight is 362 g/mol. The SMILES string of the molecule is Cc1sc2ncnc(N3CCC(C(=O)N(C)C(C)CN)CC3)c2c1C. The number of hydrogen-bond acceptors (Lipinski definition) is 6. The summed E-state index contributed by atoms with van der Waals surface area (Å²) >= 11 is 1.72. The maximum atomic E-state index is 12.6. The van der Waals surface area contributed by atoms with Crippen LogP contribution >= 0.6 is 11.3 Å². The van der Waals surface area contributed by atoms with Crippen molar-refractivity contribution in [1.82, 2.24) is 14.9 Å². The van der Waals surface area contributed by atoms with Crippen LogP contribution in [0, 0.1) is 19.8 Å². The van der Waals surface area contributed by atoms with Crippen LogP contribution < -0.4 is 10.6 Å². The molecule has 1 fully saturated rings. The molecule has 1 aliphatic rings. The van der Waals surface area contributed by atoms with Gasteiger partial charge in [0.25, 0.3) is 0 Å². The van der Waals surface area contributed by atoms with Gasteiger partial charge in [-0.2, -0.15) is 0 Å². The van der Waals surface area contributed by atoms with E-state index < -0.39 is 0 Å². The maximum Gasteiger partial charge on any atom is 0.225 e. The van der Waals surface area contributed by atoms with Gasteiger partial charge in [-0.1, -0.05) is 0 Å². The summed E-state index contributed by atoms with van der Waals surface area (Å²) in [4.78, 5) is 28.1. The summed E-state index contributed by atoms with van der Waals surface area (Å²) in [7, 11) is 1.86. The zero-order valence-electron chi connectivity index (χ0n) is 15.5. The van der Waals surface area contributed by atoms with Crippen molar-refractivity contribution >= 4 is 33.3 Å². The molecule has 1 saturated heterocycles. The van der Waals surface area contributed by atoms with Crippen molar-refractivity contribution in [3.8, 4) is 0 Å². The number of hydrogen-bond donors (Lipinski definition) is 1. The summed E-state index contributed by atoms with van der Waals surface area (Å²) in [5.74, 6) is 1.31. The first-order chi connectivity index (χ1) is 11.9. The number of fused-ring (bicyclic) bond motifs is 1. The molecule has 136 valence electrons. The lowest BCUT2D eigenvalue weighted by Gasteiger charge is -2.35. The van der Waals surface area contributed by atoms with E-state index in [9.17, 15) is 4.79 Å². The molecule has 0 aromatic carbocycles. The van der Waals surface area contributed by atoms with Crippen molar-refractivity contribution in [2.45, 2.75) is 39.7 Å². The van der Waals surface area contributed by atoms with Gasteiger partial charge in [0.05, 0.1) is 5.39 Å². The van der Waals surface area contributed by atoms with Crippen LogP contribution in [0.4, 0.5) is 5.82 Å². The quantitative estimate of drug-likeness (QED) is 0.904. The molecule has 0 spiro atoms. The minimum Gasteiger partial charge on any atom is -0.356 e. The largest absolute Gasteiger partial charge is 0.356 e. The van der Waals surface area contributed by atoms with Crippen LogP contribution in [0.1, 0.15) is 30.2 Å². The van der Waals surface area contributed by atoms with Crippen LogP contribution in [0.25, 0.3) is 10.2 Å². The fourth-order valence-corrected chi connectivity index (χ4v) is 4.40. The molecule has 0 radical (unpaired) electrons. The van der Waals surface area contributed by atoms with E-state index in [1.807, 2.05) is 14.0 Å². The Bertz CT molecular complexity index is 766. The van der Waals surface area contributed by atoms with Crippen LogP contribution in [0.15, 0.2) is 6.33 Å². The van der Waals surface area contributed by atoms with Crippen molar-refractivity contribution in [2.75, 3.05) is 31.6 Å². The number of rotatable bonds is 4. The van der Waals surface area contributed by atoms with E-state index in [1.54, 1.807) is 22.6 Å². The first-order valence-corrected chi connectivity index (χ1v) is 9.68. The average Bonchev–Trinajstić information content (AvgIpc) is 2.94. The number of carbonyl (C=O) groups is 1. The standard InChI is InChI=1S/C18H27N5OS/c1-11(9-19)22(4)18(24)14-5-7-23(8-6-14)16-15-12(2)13(3)25-17(15)21-10-20-16/h10-11,14H,5-9,19H2,1-4H3. The fraction of sp³-hybridized carbons (Fsp3) is 0.611. The summed E-state index contributed by atoms with van der Waals surface area (Å²) in [6.45, 7) is 8.46. The van der Waals surface area contributed by atoms with Gasteiger partial charge in [-0.15, -0.1) is 11.3 Å². The Morgan fingerprint density at radius 2 is 2.08 bits per heavy atom. The molecule has 3 heterocycles. The van der Waals surface area contributed by atoms with Gasteiger partial charge in [0.1, 0.15) is 17.0 Å².